The van der Waals surface area contributed by atoms with Crippen LogP contribution < -0.4 is 0 Å². The molecule has 31 heavy (non-hydrogen) atoms. The molecule has 1 aliphatic heterocycles. The first-order valence-corrected chi connectivity index (χ1v) is 12.7. The van der Waals surface area contributed by atoms with Gasteiger partial charge in [0.1, 0.15) is 0 Å². The van der Waals surface area contributed by atoms with Crippen molar-refractivity contribution in [1.29, 1.82) is 0 Å². The summed E-state index contributed by atoms with van der Waals surface area (Å²) < 4.78 is 0. The average Bonchev–Trinajstić information content (AvgIpc) is 3.22. The van der Waals surface area contributed by atoms with E-state index in [1.165, 1.54) is 4.88 Å². The van der Waals surface area contributed by atoms with Crippen molar-refractivity contribution in [3.05, 3.63) is 55.7 Å². The molecule has 0 aliphatic carbocycles. The minimum Gasteiger partial charge on any atom is -0.333 e. The molecule has 0 N–H and O–H groups in total. The second kappa shape index (κ2) is 11.3. The fraction of sp³-hybridized carbons (Fsp3) is 0.500. The van der Waals surface area contributed by atoms with Gasteiger partial charge in [-0.1, -0.05) is 56.0 Å². The van der Waals surface area contributed by atoms with Crippen LogP contribution in [0.15, 0.2) is 29.6 Å². The summed E-state index contributed by atoms with van der Waals surface area (Å²) in [6, 6.07) is 7.26. The summed E-state index contributed by atoms with van der Waals surface area (Å²) >= 11 is 14.4. The molecule has 168 valence electrons. The van der Waals surface area contributed by atoms with E-state index >= 15 is 0 Å². The summed E-state index contributed by atoms with van der Waals surface area (Å²) in [4.78, 5) is 31.1. The highest BCUT2D eigenvalue weighted by Gasteiger charge is 2.34. The van der Waals surface area contributed by atoms with Crippen molar-refractivity contribution >= 4 is 46.4 Å². The Labute approximate surface area is 199 Å². The fourth-order valence-corrected chi connectivity index (χ4v) is 5.56. The lowest BCUT2D eigenvalue weighted by Crippen LogP contribution is -2.47. The molecule has 2 heterocycles. The molecule has 1 aromatic carbocycles. The molecule has 7 heteroatoms. The second-order valence-electron chi connectivity index (χ2n) is 7.98. The number of halogens is 2. The third-order valence-corrected chi connectivity index (χ3v) is 7.27. The lowest BCUT2D eigenvalue weighted by atomic mass is 9.93. The van der Waals surface area contributed by atoms with E-state index in [-0.39, 0.29) is 24.4 Å². The normalized spacial score (nSPS) is 15.6. The Morgan fingerprint density at radius 1 is 1.13 bits per heavy atom. The van der Waals surface area contributed by atoms with Gasteiger partial charge in [-0.15, -0.1) is 11.3 Å². The third kappa shape index (κ3) is 5.82. The fourth-order valence-electron chi connectivity index (χ4n) is 4.14. The topological polar surface area (TPSA) is 40.6 Å². The molecular weight excluding hydrogens is 451 g/mol. The number of thiophene rings is 1. The minimum atomic E-state index is -0.258. The van der Waals surface area contributed by atoms with Gasteiger partial charge in [-0.25, -0.2) is 0 Å². The van der Waals surface area contributed by atoms with Gasteiger partial charge in [-0.3, -0.25) is 9.59 Å². The molecule has 0 fully saturated rings. The van der Waals surface area contributed by atoms with Gasteiger partial charge in [0.25, 0.3) is 0 Å². The molecule has 1 atom stereocenters. The van der Waals surface area contributed by atoms with Crippen LogP contribution >= 0.6 is 34.5 Å². The van der Waals surface area contributed by atoms with Gasteiger partial charge in [0.2, 0.25) is 11.8 Å². The highest BCUT2D eigenvalue weighted by molar-refractivity contribution is 7.10. The highest BCUT2D eigenvalue weighted by Crippen LogP contribution is 2.41. The van der Waals surface area contributed by atoms with Crippen LogP contribution in [0.1, 0.15) is 68.0 Å². The maximum atomic E-state index is 13.5. The van der Waals surface area contributed by atoms with Crippen LogP contribution in [-0.2, 0) is 16.0 Å². The van der Waals surface area contributed by atoms with Crippen molar-refractivity contribution in [2.75, 3.05) is 19.6 Å². The summed E-state index contributed by atoms with van der Waals surface area (Å²) in [5.74, 6) is 0.0307. The van der Waals surface area contributed by atoms with Crippen LogP contribution in [0.4, 0.5) is 0 Å². The van der Waals surface area contributed by atoms with Gasteiger partial charge in [0.15, 0.2) is 0 Å². The molecule has 2 aromatic rings. The first-order chi connectivity index (χ1) is 15.0. The SMILES string of the molecule is CCCCCC(=O)N(CCC)CC(=O)N1CCc2sccc2C1c1ccc(Cl)cc1Cl. The highest BCUT2D eigenvalue weighted by atomic mass is 35.5. The molecule has 4 nitrogen and oxygen atoms in total. The van der Waals surface area contributed by atoms with Crippen molar-refractivity contribution in [1.82, 2.24) is 9.80 Å². The number of fused-ring (bicyclic) bond motifs is 1. The van der Waals surface area contributed by atoms with Crippen molar-refractivity contribution in [2.45, 2.75) is 58.4 Å². The van der Waals surface area contributed by atoms with Crippen LogP contribution in [0.2, 0.25) is 10.0 Å². The predicted octanol–water partition coefficient (Wildman–Crippen LogP) is 6.35. The molecule has 0 saturated carbocycles. The Morgan fingerprint density at radius 3 is 2.65 bits per heavy atom. The summed E-state index contributed by atoms with van der Waals surface area (Å²) in [6.07, 6.45) is 5.12. The van der Waals surface area contributed by atoms with E-state index in [4.69, 9.17) is 23.2 Å². The number of amides is 2. The van der Waals surface area contributed by atoms with Crippen molar-refractivity contribution in [2.24, 2.45) is 0 Å². The quantitative estimate of drug-likeness (QED) is 0.392. The average molecular weight is 481 g/mol. The molecule has 0 saturated heterocycles. The zero-order chi connectivity index (χ0) is 22.4. The maximum absolute atomic E-state index is 13.5. The number of carbonyl (C=O) groups is 2. The van der Waals surface area contributed by atoms with Crippen LogP contribution in [0.3, 0.4) is 0 Å². The van der Waals surface area contributed by atoms with Crippen LogP contribution in [0.25, 0.3) is 0 Å². The Kier molecular flexibility index (Phi) is 8.82. The van der Waals surface area contributed by atoms with E-state index in [0.717, 1.165) is 43.2 Å². The smallest absolute Gasteiger partial charge is 0.242 e. The van der Waals surface area contributed by atoms with Gasteiger partial charge in [0, 0.05) is 34.4 Å². The monoisotopic (exact) mass is 480 g/mol. The van der Waals surface area contributed by atoms with E-state index in [2.05, 4.69) is 18.4 Å². The van der Waals surface area contributed by atoms with Gasteiger partial charge in [-0.2, -0.15) is 0 Å². The zero-order valence-electron chi connectivity index (χ0n) is 18.2. The molecule has 3 rings (SSSR count). The number of rotatable bonds is 9. The number of carbonyl (C=O) groups excluding carboxylic acids is 2. The number of benzene rings is 1. The van der Waals surface area contributed by atoms with Gasteiger partial charge in [0.05, 0.1) is 12.6 Å². The number of nitrogens with zero attached hydrogens (tertiary/aromatic N) is 2. The Balaban J connectivity index is 1.84. The molecule has 1 aliphatic rings. The Morgan fingerprint density at radius 2 is 1.94 bits per heavy atom. The van der Waals surface area contributed by atoms with Gasteiger partial charge < -0.3 is 9.80 Å². The maximum Gasteiger partial charge on any atom is 0.242 e. The van der Waals surface area contributed by atoms with E-state index in [0.29, 0.717) is 29.6 Å². The summed E-state index contributed by atoms with van der Waals surface area (Å²) in [6.45, 7) is 5.47. The van der Waals surface area contributed by atoms with Crippen LogP contribution in [0, 0.1) is 0 Å². The first kappa shape index (κ1) is 24.1. The van der Waals surface area contributed by atoms with Crippen LogP contribution in [0.5, 0.6) is 0 Å². The first-order valence-electron chi connectivity index (χ1n) is 11.0. The molecule has 1 aromatic heterocycles. The molecular formula is C24H30Cl2N2O2S. The molecule has 1 unspecified atom stereocenters. The predicted molar refractivity (Wildman–Crippen MR) is 129 cm³/mol. The second-order valence-corrected chi connectivity index (χ2v) is 9.82. The van der Waals surface area contributed by atoms with Crippen LogP contribution in [-0.4, -0.2) is 41.2 Å². The molecule has 0 spiro atoms. The Bertz CT molecular complexity index is 915. The summed E-state index contributed by atoms with van der Waals surface area (Å²) in [5.41, 5.74) is 1.99. The minimum absolute atomic E-state index is 0.0369. The van der Waals surface area contributed by atoms with Crippen molar-refractivity contribution < 1.29 is 9.59 Å². The molecule has 0 radical (unpaired) electrons. The molecule has 0 bridgehead atoms. The van der Waals surface area contributed by atoms with Gasteiger partial charge in [-0.05, 0) is 54.0 Å². The van der Waals surface area contributed by atoms with E-state index in [9.17, 15) is 9.59 Å². The van der Waals surface area contributed by atoms with Crippen molar-refractivity contribution in [3.63, 3.8) is 0 Å². The number of hydrogen-bond donors (Lipinski definition) is 0. The third-order valence-electron chi connectivity index (χ3n) is 5.71. The van der Waals surface area contributed by atoms with Gasteiger partial charge >= 0.3 is 0 Å². The Hall–Kier alpha value is -1.56. The number of hydrogen-bond acceptors (Lipinski definition) is 3. The lowest BCUT2D eigenvalue weighted by Gasteiger charge is -2.38. The largest absolute Gasteiger partial charge is 0.333 e. The van der Waals surface area contributed by atoms with E-state index < -0.39 is 0 Å². The number of unbranched alkanes of at least 4 members (excludes halogenated alkanes) is 2. The summed E-state index contributed by atoms with van der Waals surface area (Å²) in [7, 11) is 0. The lowest BCUT2D eigenvalue weighted by molar-refractivity contribution is -0.141. The van der Waals surface area contributed by atoms with E-state index in [1.54, 1.807) is 22.3 Å². The van der Waals surface area contributed by atoms with E-state index in [1.807, 2.05) is 24.0 Å². The summed E-state index contributed by atoms with van der Waals surface area (Å²) in [5, 5.41) is 3.19. The zero-order valence-corrected chi connectivity index (χ0v) is 20.5. The molecule has 2 amide bonds. The van der Waals surface area contributed by atoms with Crippen molar-refractivity contribution in [3.8, 4) is 0 Å². The standard InChI is InChI=1S/C24H30Cl2N2O2S/c1-3-5-6-7-22(29)27(12-4-2)16-23(30)28-13-10-21-19(11-14-31-21)24(28)18-9-8-17(25)15-20(18)26/h8-9,11,14-15,24H,3-7,10,12-13,16H2,1-2H3.